The van der Waals surface area contributed by atoms with Gasteiger partial charge in [0.05, 0.1) is 0 Å². The first-order valence-electron chi connectivity index (χ1n) is 5.50. The van der Waals surface area contributed by atoms with Crippen LogP contribution in [0.15, 0.2) is 40.9 Å². The molecule has 18 heavy (non-hydrogen) atoms. The minimum absolute atomic E-state index is 0.225. The largest absolute Gasteiger partial charge is 0.381 e. The summed E-state index contributed by atoms with van der Waals surface area (Å²) in [5.74, 6) is -0.225. The second-order valence-electron chi connectivity index (χ2n) is 4.05. The smallest absolute Gasteiger partial charge is 0.129 e. The first-order valence-corrected chi connectivity index (χ1v) is 6.67. The predicted octanol–water partition coefficient (Wildman–Crippen LogP) is 5.16. The third-order valence-electron chi connectivity index (χ3n) is 2.68. The molecule has 0 radical (unpaired) electrons. The number of aryl methyl sites for hydroxylation is 1. The molecule has 0 atom stereocenters. The summed E-state index contributed by atoms with van der Waals surface area (Å²) in [7, 11) is 0. The summed E-state index contributed by atoms with van der Waals surface area (Å²) in [6, 6.07) is 10.7. The van der Waals surface area contributed by atoms with Gasteiger partial charge in [-0.15, -0.1) is 0 Å². The topological polar surface area (TPSA) is 12.0 Å². The fourth-order valence-electron chi connectivity index (χ4n) is 1.64. The van der Waals surface area contributed by atoms with E-state index in [1.165, 1.54) is 6.07 Å². The lowest BCUT2D eigenvalue weighted by Crippen LogP contribution is -2.03. The van der Waals surface area contributed by atoms with Crippen LogP contribution in [-0.4, -0.2) is 0 Å². The Kier molecular flexibility index (Phi) is 4.25. The van der Waals surface area contributed by atoms with Crippen molar-refractivity contribution in [2.45, 2.75) is 13.5 Å². The van der Waals surface area contributed by atoms with Crippen molar-refractivity contribution in [3.8, 4) is 0 Å². The predicted molar refractivity (Wildman–Crippen MR) is 77.6 cm³/mol. The highest BCUT2D eigenvalue weighted by atomic mass is 79.9. The molecule has 0 aliphatic heterocycles. The maximum absolute atomic E-state index is 13.6. The van der Waals surface area contributed by atoms with E-state index in [1.54, 1.807) is 6.07 Å². The maximum Gasteiger partial charge on any atom is 0.129 e. The zero-order valence-corrected chi connectivity index (χ0v) is 12.1. The standard InChI is InChI=1S/C14H12BrClFN/c1-9-2-5-12(16)7-14(9)18-8-10-3-4-11(15)6-13(10)17/h2-7,18H,8H2,1H3. The Balaban J connectivity index is 2.13. The van der Waals surface area contributed by atoms with Crippen LogP contribution < -0.4 is 5.32 Å². The molecule has 0 aliphatic rings. The Labute approximate surface area is 119 Å². The Morgan fingerprint density at radius 1 is 1.22 bits per heavy atom. The molecule has 4 heteroatoms. The fraction of sp³-hybridized carbons (Fsp3) is 0.143. The van der Waals surface area contributed by atoms with Crippen LogP contribution >= 0.6 is 27.5 Å². The van der Waals surface area contributed by atoms with Gasteiger partial charge in [0.15, 0.2) is 0 Å². The van der Waals surface area contributed by atoms with Gasteiger partial charge >= 0.3 is 0 Å². The van der Waals surface area contributed by atoms with Crippen LogP contribution in [0.25, 0.3) is 0 Å². The number of hydrogen-bond acceptors (Lipinski definition) is 1. The molecule has 2 aromatic carbocycles. The van der Waals surface area contributed by atoms with Gasteiger partial charge in [-0.05, 0) is 36.8 Å². The van der Waals surface area contributed by atoms with Gasteiger partial charge in [0, 0.05) is 27.3 Å². The molecule has 0 saturated carbocycles. The summed E-state index contributed by atoms with van der Waals surface area (Å²) in [6.45, 7) is 2.41. The van der Waals surface area contributed by atoms with E-state index in [2.05, 4.69) is 21.2 Å². The highest BCUT2D eigenvalue weighted by molar-refractivity contribution is 9.10. The normalized spacial score (nSPS) is 10.4. The Morgan fingerprint density at radius 2 is 2.00 bits per heavy atom. The van der Waals surface area contributed by atoms with Gasteiger partial charge in [-0.25, -0.2) is 4.39 Å². The number of anilines is 1. The fourth-order valence-corrected chi connectivity index (χ4v) is 2.15. The van der Waals surface area contributed by atoms with Gasteiger partial charge in [0.1, 0.15) is 5.82 Å². The van der Waals surface area contributed by atoms with Crippen molar-refractivity contribution in [2.75, 3.05) is 5.32 Å². The van der Waals surface area contributed by atoms with E-state index in [0.29, 0.717) is 17.1 Å². The molecule has 0 saturated heterocycles. The summed E-state index contributed by atoms with van der Waals surface area (Å²) in [5, 5.41) is 3.86. The van der Waals surface area contributed by atoms with Crippen LogP contribution in [0, 0.1) is 12.7 Å². The molecule has 2 rings (SSSR count). The third kappa shape index (κ3) is 3.24. The average molecular weight is 329 g/mol. The highest BCUT2D eigenvalue weighted by Gasteiger charge is 2.04. The quantitative estimate of drug-likeness (QED) is 0.820. The minimum Gasteiger partial charge on any atom is -0.381 e. The van der Waals surface area contributed by atoms with Crippen molar-refractivity contribution in [1.29, 1.82) is 0 Å². The molecular weight excluding hydrogens is 317 g/mol. The van der Waals surface area contributed by atoms with Gasteiger partial charge in [0.2, 0.25) is 0 Å². The van der Waals surface area contributed by atoms with E-state index in [1.807, 2.05) is 31.2 Å². The monoisotopic (exact) mass is 327 g/mol. The van der Waals surface area contributed by atoms with Gasteiger partial charge in [-0.2, -0.15) is 0 Å². The second kappa shape index (κ2) is 5.72. The van der Waals surface area contributed by atoms with Crippen LogP contribution in [0.5, 0.6) is 0 Å². The molecule has 2 aromatic rings. The summed E-state index contributed by atoms with van der Waals surface area (Å²) >= 11 is 9.17. The molecular formula is C14H12BrClFN. The summed E-state index contributed by atoms with van der Waals surface area (Å²) in [4.78, 5) is 0. The van der Waals surface area contributed by atoms with E-state index in [9.17, 15) is 4.39 Å². The van der Waals surface area contributed by atoms with Gasteiger partial charge in [-0.3, -0.25) is 0 Å². The molecule has 0 aromatic heterocycles. The highest BCUT2D eigenvalue weighted by Crippen LogP contribution is 2.22. The third-order valence-corrected chi connectivity index (χ3v) is 3.41. The zero-order chi connectivity index (χ0) is 13.1. The zero-order valence-electron chi connectivity index (χ0n) is 9.81. The van der Waals surface area contributed by atoms with Crippen molar-refractivity contribution >= 4 is 33.2 Å². The van der Waals surface area contributed by atoms with Crippen molar-refractivity contribution in [3.63, 3.8) is 0 Å². The summed E-state index contributed by atoms with van der Waals surface area (Å²) < 4.78 is 14.4. The molecule has 0 bridgehead atoms. The lowest BCUT2D eigenvalue weighted by molar-refractivity contribution is 0.612. The van der Waals surface area contributed by atoms with Crippen molar-refractivity contribution in [2.24, 2.45) is 0 Å². The van der Waals surface area contributed by atoms with Crippen LogP contribution in [0.2, 0.25) is 5.02 Å². The molecule has 1 N–H and O–H groups in total. The molecule has 0 aliphatic carbocycles. The minimum atomic E-state index is -0.225. The first-order chi connectivity index (χ1) is 8.56. The van der Waals surface area contributed by atoms with E-state index in [0.717, 1.165) is 15.7 Å². The Hall–Kier alpha value is -1.06. The SMILES string of the molecule is Cc1ccc(Cl)cc1NCc1ccc(Br)cc1F. The van der Waals surface area contributed by atoms with Crippen molar-refractivity contribution in [1.82, 2.24) is 0 Å². The van der Waals surface area contributed by atoms with Crippen LogP contribution in [0.3, 0.4) is 0 Å². The first kappa shape index (κ1) is 13.4. The van der Waals surface area contributed by atoms with Gasteiger partial charge in [-0.1, -0.05) is 39.7 Å². The second-order valence-corrected chi connectivity index (χ2v) is 5.40. The molecule has 1 nitrogen and oxygen atoms in total. The molecule has 0 fully saturated rings. The molecule has 0 unspecified atom stereocenters. The molecule has 94 valence electrons. The summed E-state index contributed by atoms with van der Waals surface area (Å²) in [5.41, 5.74) is 2.62. The Bertz CT molecular complexity index is 572. The van der Waals surface area contributed by atoms with Crippen molar-refractivity contribution in [3.05, 3.63) is 62.8 Å². The molecule has 0 amide bonds. The van der Waals surface area contributed by atoms with E-state index < -0.39 is 0 Å². The number of halogens is 3. The number of rotatable bonds is 3. The van der Waals surface area contributed by atoms with Gasteiger partial charge < -0.3 is 5.32 Å². The van der Waals surface area contributed by atoms with Crippen LogP contribution in [0.4, 0.5) is 10.1 Å². The van der Waals surface area contributed by atoms with E-state index in [4.69, 9.17) is 11.6 Å². The van der Waals surface area contributed by atoms with Crippen molar-refractivity contribution < 1.29 is 4.39 Å². The summed E-state index contributed by atoms with van der Waals surface area (Å²) in [6.07, 6.45) is 0. The molecule has 0 heterocycles. The van der Waals surface area contributed by atoms with Gasteiger partial charge in [0.25, 0.3) is 0 Å². The lowest BCUT2D eigenvalue weighted by atomic mass is 10.1. The van der Waals surface area contributed by atoms with Crippen LogP contribution in [0.1, 0.15) is 11.1 Å². The maximum atomic E-state index is 13.6. The van der Waals surface area contributed by atoms with E-state index >= 15 is 0 Å². The van der Waals surface area contributed by atoms with E-state index in [-0.39, 0.29) is 5.82 Å². The lowest BCUT2D eigenvalue weighted by Gasteiger charge is -2.10. The number of benzene rings is 2. The number of nitrogens with one attached hydrogen (secondary N) is 1. The number of hydrogen-bond donors (Lipinski definition) is 1. The van der Waals surface area contributed by atoms with Crippen LogP contribution in [-0.2, 0) is 6.54 Å². The average Bonchev–Trinajstić information content (AvgIpc) is 2.32. The Morgan fingerprint density at radius 3 is 2.72 bits per heavy atom. The molecule has 0 spiro atoms.